The molecule has 0 saturated carbocycles. The molecule has 0 aromatic carbocycles. The van der Waals surface area contributed by atoms with Crippen LogP contribution in [0.4, 0.5) is 0 Å². The molecular weight excluding hydrogens is 396 g/mol. The number of hydrogen-bond acceptors (Lipinski definition) is 6. The summed E-state index contributed by atoms with van der Waals surface area (Å²) in [5, 5.41) is 6.09. The molecule has 0 amide bonds. The first-order chi connectivity index (χ1) is 11.9. The van der Waals surface area contributed by atoms with Crippen LogP contribution in [0.15, 0.2) is 16.0 Å². The molecule has 0 bridgehead atoms. The second-order valence-corrected chi connectivity index (χ2v) is 11.6. The number of guanidine groups is 1. The van der Waals surface area contributed by atoms with Crippen LogP contribution in [0.3, 0.4) is 0 Å². The van der Waals surface area contributed by atoms with Gasteiger partial charge in [0.15, 0.2) is 5.96 Å². The molecule has 11 heteroatoms. The third-order valence-electron chi connectivity index (χ3n) is 3.52. The Hall–Kier alpha value is -1.17. The number of thiophene rings is 1. The van der Waals surface area contributed by atoms with Crippen molar-refractivity contribution in [1.29, 1.82) is 0 Å². The van der Waals surface area contributed by atoms with Crippen LogP contribution in [-0.2, 0) is 19.9 Å². The van der Waals surface area contributed by atoms with Crippen molar-refractivity contribution in [2.75, 3.05) is 32.1 Å². The Bertz CT molecular complexity index is 829. The Morgan fingerprint density at radius 2 is 1.88 bits per heavy atom. The van der Waals surface area contributed by atoms with Gasteiger partial charge in [0.2, 0.25) is 10.0 Å². The standard InChI is InChI=1S/C15H28N4O4S3/c1-11(6-9-25(5,20)21)19-15(16-4)17-7-8-18-26(22,23)14-10-12(2)24-13(14)3/h10-11,18H,6-9H2,1-5H3,(H2,16,17,19). The van der Waals surface area contributed by atoms with E-state index in [4.69, 9.17) is 0 Å². The van der Waals surface area contributed by atoms with Crippen molar-refractivity contribution in [2.24, 2.45) is 4.99 Å². The van der Waals surface area contributed by atoms with Crippen LogP contribution >= 0.6 is 11.3 Å². The van der Waals surface area contributed by atoms with E-state index >= 15 is 0 Å². The van der Waals surface area contributed by atoms with Crippen LogP contribution in [0.1, 0.15) is 23.1 Å². The summed E-state index contributed by atoms with van der Waals surface area (Å²) in [6.07, 6.45) is 1.67. The molecule has 3 N–H and O–H groups in total. The van der Waals surface area contributed by atoms with E-state index < -0.39 is 19.9 Å². The molecule has 0 aliphatic rings. The molecule has 0 radical (unpaired) electrons. The number of nitrogens with one attached hydrogen (secondary N) is 3. The highest BCUT2D eigenvalue weighted by Gasteiger charge is 2.18. The fraction of sp³-hybridized carbons (Fsp3) is 0.667. The molecule has 1 aromatic rings. The molecule has 1 atom stereocenters. The van der Waals surface area contributed by atoms with Crippen molar-refractivity contribution >= 4 is 37.2 Å². The Balaban J connectivity index is 2.44. The quantitative estimate of drug-likeness (QED) is 0.304. The second kappa shape index (κ2) is 9.67. The number of rotatable bonds is 9. The van der Waals surface area contributed by atoms with E-state index in [2.05, 4.69) is 20.3 Å². The van der Waals surface area contributed by atoms with Crippen LogP contribution < -0.4 is 15.4 Å². The molecule has 0 aliphatic carbocycles. The number of sulfonamides is 1. The lowest BCUT2D eigenvalue weighted by Gasteiger charge is -2.17. The fourth-order valence-electron chi connectivity index (χ4n) is 2.21. The number of aliphatic imine (C=N–C) groups is 1. The summed E-state index contributed by atoms with van der Waals surface area (Å²) in [5.74, 6) is 0.588. The second-order valence-electron chi connectivity index (χ2n) is 6.14. The first-order valence-corrected chi connectivity index (χ1v) is 12.5. The van der Waals surface area contributed by atoms with Gasteiger partial charge in [0.1, 0.15) is 9.84 Å². The Morgan fingerprint density at radius 3 is 2.38 bits per heavy atom. The van der Waals surface area contributed by atoms with Gasteiger partial charge in [0, 0.05) is 42.2 Å². The number of hydrogen-bond donors (Lipinski definition) is 3. The zero-order chi connectivity index (χ0) is 20.0. The fourth-order valence-corrected chi connectivity index (χ4v) is 5.58. The summed E-state index contributed by atoms with van der Waals surface area (Å²) in [5.41, 5.74) is 0. The lowest BCUT2D eigenvalue weighted by Crippen LogP contribution is -2.45. The molecule has 0 saturated heterocycles. The Kier molecular flexibility index (Phi) is 8.51. The lowest BCUT2D eigenvalue weighted by atomic mass is 10.3. The Morgan fingerprint density at radius 1 is 1.23 bits per heavy atom. The predicted octanol–water partition coefficient (Wildman–Crippen LogP) is 0.631. The maximum absolute atomic E-state index is 12.3. The molecule has 150 valence electrons. The first-order valence-electron chi connectivity index (χ1n) is 8.16. The highest BCUT2D eigenvalue weighted by molar-refractivity contribution is 7.90. The summed E-state index contributed by atoms with van der Waals surface area (Å²) in [7, 11) is -4.94. The summed E-state index contributed by atoms with van der Waals surface area (Å²) in [4.78, 5) is 6.08. The van der Waals surface area contributed by atoms with Gasteiger partial charge >= 0.3 is 0 Å². The predicted molar refractivity (Wildman–Crippen MR) is 107 cm³/mol. The minimum atomic E-state index is -3.53. The number of nitrogens with zero attached hydrogens (tertiary/aromatic N) is 1. The lowest BCUT2D eigenvalue weighted by molar-refractivity contribution is 0.577. The number of sulfone groups is 1. The van der Waals surface area contributed by atoms with Gasteiger partial charge in [-0.3, -0.25) is 4.99 Å². The van der Waals surface area contributed by atoms with E-state index in [-0.39, 0.29) is 18.3 Å². The number of aryl methyl sites for hydroxylation is 2. The average Bonchev–Trinajstić information content (AvgIpc) is 2.87. The minimum Gasteiger partial charge on any atom is -0.355 e. The molecule has 0 aliphatic heterocycles. The summed E-state index contributed by atoms with van der Waals surface area (Å²) in [6.45, 7) is 6.07. The maximum atomic E-state index is 12.3. The van der Waals surface area contributed by atoms with Crippen molar-refractivity contribution in [2.45, 2.75) is 38.1 Å². The van der Waals surface area contributed by atoms with Gasteiger partial charge in [-0.15, -0.1) is 11.3 Å². The van der Waals surface area contributed by atoms with Crippen LogP contribution in [0.25, 0.3) is 0 Å². The van der Waals surface area contributed by atoms with Crippen LogP contribution in [0, 0.1) is 13.8 Å². The minimum absolute atomic E-state index is 0.0796. The first kappa shape index (κ1) is 22.9. The van der Waals surface area contributed by atoms with Gasteiger partial charge in [-0.25, -0.2) is 21.6 Å². The van der Waals surface area contributed by atoms with Gasteiger partial charge < -0.3 is 10.6 Å². The van der Waals surface area contributed by atoms with Gasteiger partial charge in [-0.2, -0.15) is 0 Å². The van der Waals surface area contributed by atoms with E-state index in [1.54, 1.807) is 20.0 Å². The van der Waals surface area contributed by atoms with E-state index in [9.17, 15) is 16.8 Å². The third kappa shape index (κ3) is 8.02. The molecule has 1 aromatic heterocycles. The van der Waals surface area contributed by atoms with E-state index in [0.717, 1.165) is 9.75 Å². The highest BCUT2D eigenvalue weighted by atomic mass is 32.2. The largest absolute Gasteiger partial charge is 0.355 e. The van der Waals surface area contributed by atoms with Crippen LogP contribution in [0.2, 0.25) is 0 Å². The van der Waals surface area contributed by atoms with E-state index in [1.807, 2.05) is 13.8 Å². The summed E-state index contributed by atoms with van der Waals surface area (Å²) >= 11 is 1.45. The maximum Gasteiger partial charge on any atom is 0.241 e. The zero-order valence-electron chi connectivity index (χ0n) is 15.8. The van der Waals surface area contributed by atoms with E-state index in [0.29, 0.717) is 23.8 Å². The van der Waals surface area contributed by atoms with Gasteiger partial charge in [-0.05, 0) is 33.3 Å². The summed E-state index contributed by atoms with van der Waals surface area (Å²) in [6, 6.07) is 1.59. The van der Waals surface area contributed by atoms with Gasteiger partial charge in [0.25, 0.3) is 0 Å². The van der Waals surface area contributed by atoms with Crippen molar-refractivity contribution in [3.05, 3.63) is 15.8 Å². The molecule has 0 spiro atoms. The molecule has 8 nitrogen and oxygen atoms in total. The van der Waals surface area contributed by atoms with Gasteiger partial charge in [0.05, 0.1) is 10.6 Å². The Labute approximate surface area is 160 Å². The van der Waals surface area contributed by atoms with Crippen LogP contribution in [0.5, 0.6) is 0 Å². The van der Waals surface area contributed by atoms with Crippen molar-refractivity contribution in [3.63, 3.8) is 0 Å². The average molecular weight is 425 g/mol. The third-order valence-corrected chi connectivity index (χ3v) is 7.18. The topological polar surface area (TPSA) is 117 Å². The van der Waals surface area contributed by atoms with Crippen molar-refractivity contribution < 1.29 is 16.8 Å². The monoisotopic (exact) mass is 424 g/mol. The molecule has 0 fully saturated rings. The highest BCUT2D eigenvalue weighted by Crippen LogP contribution is 2.24. The molecule has 1 heterocycles. The molecule has 1 rings (SSSR count). The molecular formula is C15H28N4O4S3. The van der Waals surface area contributed by atoms with Gasteiger partial charge in [-0.1, -0.05) is 0 Å². The van der Waals surface area contributed by atoms with Crippen molar-refractivity contribution in [1.82, 2.24) is 15.4 Å². The molecule has 1 unspecified atom stereocenters. The smallest absolute Gasteiger partial charge is 0.241 e. The van der Waals surface area contributed by atoms with E-state index in [1.165, 1.54) is 17.6 Å². The van der Waals surface area contributed by atoms with Crippen LogP contribution in [-0.4, -0.2) is 61.0 Å². The zero-order valence-corrected chi connectivity index (χ0v) is 18.2. The normalized spacial score (nSPS) is 14.3. The summed E-state index contributed by atoms with van der Waals surface area (Å²) < 4.78 is 49.6. The molecule has 26 heavy (non-hydrogen) atoms. The SMILES string of the molecule is CN=C(NCCNS(=O)(=O)c1cc(C)sc1C)NC(C)CCS(C)(=O)=O. The van der Waals surface area contributed by atoms with Crippen molar-refractivity contribution in [3.8, 4) is 0 Å².